The zero-order chi connectivity index (χ0) is 19.1. The molecule has 0 fully saturated rings. The van der Waals surface area contributed by atoms with E-state index in [9.17, 15) is 0 Å². The highest BCUT2D eigenvalue weighted by atomic mass is 16.5. The van der Waals surface area contributed by atoms with Crippen molar-refractivity contribution in [2.24, 2.45) is 5.92 Å². The first-order valence-electron chi connectivity index (χ1n) is 9.47. The van der Waals surface area contributed by atoms with Crippen LogP contribution < -0.4 is 5.48 Å². The van der Waals surface area contributed by atoms with Gasteiger partial charge in [0.05, 0.1) is 17.1 Å². The van der Waals surface area contributed by atoms with Crippen LogP contribution in [0.25, 0.3) is 11.7 Å². The van der Waals surface area contributed by atoms with Crippen molar-refractivity contribution in [1.29, 1.82) is 0 Å². The number of aryl methyl sites for hydroxylation is 1. The summed E-state index contributed by atoms with van der Waals surface area (Å²) >= 11 is 0. The summed E-state index contributed by atoms with van der Waals surface area (Å²) in [6.45, 7) is 15.7. The molecule has 0 amide bonds. The summed E-state index contributed by atoms with van der Waals surface area (Å²) in [5.74, 6) is 0.717. The molecule has 0 aliphatic carbocycles. The molecule has 0 spiro atoms. The molecule has 26 heavy (non-hydrogen) atoms. The van der Waals surface area contributed by atoms with Crippen molar-refractivity contribution in [3.63, 3.8) is 0 Å². The van der Waals surface area contributed by atoms with Gasteiger partial charge < -0.3 is 4.40 Å². The van der Waals surface area contributed by atoms with Crippen LogP contribution in [0.15, 0.2) is 36.7 Å². The van der Waals surface area contributed by atoms with Crippen molar-refractivity contribution in [3.8, 4) is 0 Å². The lowest BCUT2D eigenvalue weighted by Crippen LogP contribution is -2.26. The fourth-order valence-corrected chi connectivity index (χ4v) is 2.95. The van der Waals surface area contributed by atoms with Crippen LogP contribution in [0, 0.1) is 5.92 Å². The third-order valence-corrected chi connectivity index (χ3v) is 4.63. The maximum absolute atomic E-state index is 8.82. The highest BCUT2D eigenvalue weighted by Crippen LogP contribution is 2.18. The second-order valence-electron chi connectivity index (χ2n) is 7.07. The number of allylic oxidation sites excluding steroid dienone is 1. The molecule has 2 aromatic rings. The lowest BCUT2D eigenvalue weighted by Gasteiger charge is -2.21. The van der Waals surface area contributed by atoms with E-state index in [4.69, 9.17) is 10.2 Å². The van der Waals surface area contributed by atoms with Gasteiger partial charge in [-0.2, -0.15) is 0 Å². The summed E-state index contributed by atoms with van der Waals surface area (Å²) in [5, 5.41) is 8.82. The minimum absolute atomic E-state index is 0.451. The Balaban J connectivity index is 2.28. The van der Waals surface area contributed by atoms with E-state index < -0.39 is 0 Å². The average molecular weight is 357 g/mol. The summed E-state index contributed by atoms with van der Waals surface area (Å²) in [6.07, 6.45) is 7.87. The predicted molar refractivity (Wildman–Crippen MR) is 108 cm³/mol. The molecule has 0 aromatic carbocycles. The van der Waals surface area contributed by atoms with Crippen LogP contribution in [0.5, 0.6) is 0 Å². The Morgan fingerprint density at radius 1 is 1.42 bits per heavy atom. The third kappa shape index (κ3) is 5.19. The van der Waals surface area contributed by atoms with E-state index in [0.717, 1.165) is 48.9 Å². The van der Waals surface area contributed by atoms with Crippen LogP contribution in [0.4, 0.5) is 0 Å². The zero-order valence-electron chi connectivity index (χ0n) is 16.5. The average Bonchev–Trinajstić information content (AvgIpc) is 2.99. The second kappa shape index (κ2) is 9.55. The Morgan fingerprint density at radius 3 is 2.81 bits per heavy atom. The van der Waals surface area contributed by atoms with Gasteiger partial charge in [-0.15, -0.1) is 0 Å². The van der Waals surface area contributed by atoms with E-state index >= 15 is 0 Å². The SMILES string of the molecule is C=C(/C=C/c1ccn2c(CN(CC)CCC(C)C)c(CC)nc2c1)NO. The molecule has 142 valence electrons. The number of imidazole rings is 1. The van der Waals surface area contributed by atoms with Gasteiger partial charge in [0.25, 0.3) is 0 Å². The molecule has 2 N–H and O–H groups in total. The van der Waals surface area contributed by atoms with Crippen molar-refractivity contribution in [2.75, 3.05) is 13.1 Å². The molecular formula is C21H32N4O. The maximum atomic E-state index is 8.82. The number of nitrogens with one attached hydrogen (secondary N) is 1. The zero-order valence-corrected chi connectivity index (χ0v) is 16.5. The highest BCUT2D eigenvalue weighted by Gasteiger charge is 2.14. The van der Waals surface area contributed by atoms with Crippen molar-refractivity contribution < 1.29 is 5.21 Å². The van der Waals surface area contributed by atoms with Gasteiger partial charge in [-0.1, -0.05) is 40.3 Å². The van der Waals surface area contributed by atoms with Gasteiger partial charge in [0, 0.05) is 12.7 Å². The van der Waals surface area contributed by atoms with Crippen LogP contribution in [0.2, 0.25) is 0 Å². The number of hydrogen-bond acceptors (Lipinski definition) is 4. The van der Waals surface area contributed by atoms with Crippen molar-refractivity contribution in [1.82, 2.24) is 19.8 Å². The first-order chi connectivity index (χ1) is 12.5. The van der Waals surface area contributed by atoms with Crippen LogP contribution in [-0.4, -0.2) is 32.6 Å². The van der Waals surface area contributed by atoms with Crippen molar-refractivity contribution >= 4 is 11.7 Å². The largest absolute Gasteiger partial charge is 0.302 e. The van der Waals surface area contributed by atoms with Gasteiger partial charge >= 0.3 is 0 Å². The molecule has 5 nitrogen and oxygen atoms in total. The summed E-state index contributed by atoms with van der Waals surface area (Å²) in [6, 6.07) is 4.12. The lowest BCUT2D eigenvalue weighted by molar-refractivity contribution is 0.205. The fraction of sp³-hybridized carbons (Fsp3) is 0.476. The summed E-state index contributed by atoms with van der Waals surface area (Å²) < 4.78 is 2.20. The number of nitrogens with zero attached hydrogens (tertiary/aromatic N) is 3. The van der Waals surface area contributed by atoms with Gasteiger partial charge in [-0.05, 0) is 55.6 Å². The lowest BCUT2D eigenvalue weighted by atomic mass is 10.1. The van der Waals surface area contributed by atoms with Crippen LogP contribution in [-0.2, 0) is 13.0 Å². The first kappa shape index (κ1) is 20.2. The minimum atomic E-state index is 0.451. The fourth-order valence-electron chi connectivity index (χ4n) is 2.95. The molecular weight excluding hydrogens is 324 g/mol. The molecule has 0 bridgehead atoms. The van der Waals surface area contributed by atoms with Crippen molar-refractivity contribution in [3.05, 3.63) is 53.6 Å². The van der Waals surface area contributed by atoms with E-state index in [1.54, 1.807) is 6.08 Å². The Labute approximate surface area is 157 Å². The van der Waals surface area contributed by atoms with E-state index in [2.05, 4.69) is 61.9 Å². The quantitative estimate of drug-likeness (QED) is 0.493. The Morgan fingerprint density at radius 2 is 2.19 bits per heavy atom. The summed E-state index contributed by atoms with van der Waals surface area (Å²) in [4.78, 5) is 7.33. The van der Waals surface area contributed by atoms with E-state index in [1.165, 1.54) is 12.1 Å². The van der Waals surface area contributed by atoms with Crippen LogP contribution in [0.3, 0.4) is 0 Å². The molecule has 0 saturated carbocycles. The van der Waals surface area contributed by atoms with E-state index in [1.807, 2.05) is 11.6 Å². The third-order valence-electron chi connectivity index (χ3n) is 4.63. The Kier molecular flexibility index (Phi) is 7.42. The van der Waals surface area contributed by atoms with E-state index in [-0.39, 0.29) is 0 Å². The number of hydroxylamine groups is 1. The van der Waals surface area contributed by atoms with Gasteiger partial charge in [0.1, 0.15) is 5.65 Å². The van der Waals surface area contributed by atoms with Crippen LogP contribution in [0.1, 0.15) is 51.1 Å². The molecule has 5 heteroatoms. The summed E-state index contributed by atoms with van der Waals surface area (Å²) in [7, 11) is 0. The normalized spacial score (nSPS) is 12.0. The predicted octanol–water partition coefficient (Wildman–Crippen LogP) is 4.27. The topological polar surface area (TPSA) is 52.8 Å². The standard InChI is InChI=1S/C21H32N4O/c1-6-19-20(15-24(7-2)12-10-16(3)4)25-13-11-18(14-21(25)22-19)9-8-17(5)23-26/h8-9,11,13-14,16,23,26H,5-7,10,12,15H2,1-4H3/b9-8+. The molecule has 0 radical (unpaired) electrons. The van der Waals surface area contributed by atoms with Gasteiger partial charge in [-0.3, -0.25) is 15.6 Å². The van der Waals surface area contributed by atoms with Gasteiger partial charge in [0.2, 0.25) is 0 Å². The molecule has 2 rings (SSSR count). The van der Waals surface area contributed by atoms with Crippen LogP contribution >= 0.6 is 0 Å². The first-order valence-corrected chi connectivity index (χ1v) is 9.47. The molecule has 2 heterocycles. The van der Waals surface area contributed by atoms with Crippen molar-refractivity contribution in [2.45, 2.75) is 47.1 Å². The monoisotopic (exact) mass is 356 g/mol. The molecule has 0 saturated heterocycles. The molecule has 0 atom stereocenters. The molecule has 0 aliphatic heterocycles. The molecule has 0 unspecified atom stereocenters. The van der Waals surface area contributed by atoms with E-state index in [0.29, 0.717) is 5.70 Å². The summed E-state index contributed by atoms with van der Waals surface area (Å²) in [5.41, 5.74) is 6.92. The number of pyridine rings is 1. The Hall–Kier alpha value is -2.11. The number of rotatable bonds is 10. The second-order valence-corrected chi connectivity index (χ2v) is 7.07. The molecule has 2 aromatic heterocycles. The molecule has 0 aliphatic rings. The minimum Gasteiger partial charge on any atom is -0.302 e. The number of aromatic nitrogens is 2. The van der Waals surface area contributed by atoms with Gasteiger partial charge in [-0.25, -0.2) is 4.98 Å². The number of fused-ring (bicyclic) bond motifs is 1. The maximum Gasteiger partial charge on any atom is 0.137 e. The van der Waals surface area contributed by atoms with Gasteiger partial charge in [0.15, 0.2) is 0 Å². The smallest absolute Gasteiger partial charge is 0.137 e. The highest BCUT2D eigenvalue weighted by molar-refractivity contribution is 5.58. The number of hydrogen-bond donors (Lipinski definition) is 2. The Bertz CT molecular complexity index is 761.